The van der Waals surface area contributed by atoms with Gasteiger partial charge < -0.3 is 15.2 Å². The zero-order valence-corrected chi connectivity index (χ0v) is 10.4. The zero-order valence-electron chi connectivity index (χ0n) is 10.4. The Morgan fingerprint density at radius 3 is 2.76 bits per heavy atom. The van der Waals surface area contributed by atoms with Crippen LogP contribution in [0, 0.1) is 11.8 Å². The largest absolute Gasteiger partial charge is 0.481 e. The number of carbonyl (C=O) groups is 2. The zero-order chi connectivity index (χ0) is 12.8. The van der Waals surface area contributed by atoms with Crippen molar-refractivity contribution in [1.82, 2.24) is 5.32 Å². The first kappa shape index (κ1) is 14.0. The van der Waals surface area contributed by atoms with E-state index < -0.39 is 5.97 Å². The fourth-order valence-corrected chi connectivity index (χ4v) is 1.88. The first-order valence-electron chi connectivity index (χ1n) is 6.11. The molecule has 0 aromatic heterocycles. The Labute approximate surface area is 102 Å². The number of rotatable bonds is 6. The van der Waals surface area contributed by atoms with Gasteiger partial charge in [0.25, 0.3) is 0 Å². The molecule has 1 amide bonds. The molecule has 1 aliphatic rings. The summed E-state index contributed by atoms with van der Waals surface area (Å²) in [7, 11) is 0. The number of carboxylic acid groups (broad SMARTS) is 1. The normalized spacial score (nSPS) is 25.5. The third-order valence-corrected chi connectivity index (χ3v) is 3.12. The number of nitrogens with one attached hydrogen (secondary N) is 1. The van der Waals surface area contributed by atoms with E-state index in [4.69, 9.17) is 9.84 Å². The second-order valence-electron chi connectivity index (χ2n) is 4.84. The minimum atomic E-state index is -0.795. The third kappa shape index (κ3) is 4.73. The van der Waals surface area contributed by atoms with Crippen LogP contribution in [0.1, 0.15) is 33.1 Å². The van der Waals surface area contributed by atoms with Gasteiger partial charge in [0.2, 0.25) is 5.91 Å². The van der Waals surface area contributed by atoms with Crippen LogP contribution < -0.4 is 5.32 Å². The SMILES string of the molecule is CC(CCC(=O)O)CNC(=O)C1OCCC1C. The summed E-state index contributed by atoms with van der Waals surface area (Å²) in [6, 6.07) is 0. The Hall–Kier alpha value is -1.10. The monoisotopic (exact) mass is 243 g/mol. The Balaban J connectivity index is 2.21. The molecule has 0 aliphatic carbocycles. The summed E-state index contributed by atoms with van der Waals surface area (Å²) >= 11 is 0. The fourth-order valence-electron chi connectivity index (χ4n) is 1.88. The summed E-state index contributed by atoms with van der Waals surface area (Å²) in [6.07, 6.45) is 1.32. The van der Waals surface area contributed by atoms with Crippen LogP contribution in [0.25, 0.3) is 0 Å². The van der Waals surface area contributed by atoms with E-state index in [0.717, 1.165) is 6.42 Å². The van der Waals surface area contributed by atoms with Crippen molar-refractivity contribution in [1.29, 1.82) is 0 Å². The van der Waals surface area contributed by atoms with Gasteiger partial charge in [-0.05, 0) is 24.7 Å². The minimum Gasteiger partial charge on any atom is -0.481 e. The van der Waals surface area contributed by atoms with E-state index >= 15 is 0 Å². The van der Waals surface area contributed by atoms with Crippen LogP contribution in [0.4, 0.5) is 0 Å². The Morgan fingerprint density at radius 2 is 2.24 bits per heavy atom. The molecule has 17 heavy (non-hydrogen) atoms. The highest BCUT2D eigenvalue weighted by molar-refractivity contribution is 5.81. The summed E-state index contributed by atoms with van der Waals surface area (Å²) in [5.41, 5.74) is 0. The van der Waals surface area contributed by atoms with Crippen molar-refractivity contribution in [2.24, 2.45) is 11.8 Å². The summed E-state index contributed by atoms with van der Waals surface area (Å²) in [5.74, 6) is -0.427. The Kier molecular flexibility index (Phi) is 5.41. The van der Waals surface area contributed by atoms with Gasteiger partial charge in [0.15, 0.2) is 0 Å². The number of ether oxygens (including phenoxy) is 1. The van der Waals surface area contributed by atoms with Crippen molar-refractivity contribution in [3.05, 3.63) is 0 Å². The van der Waals surface area contributed by atoms with Gasteiger partial charge in [-0.15, -0.1) is 0 Å². The van der Waals surface area contributed by atoms with Crippen LogP contribution in [-0.4, -0.2) is 36.2 Å². The van der Waals surface area contributed by atoms with Crippen molar-refractivity contribution in [3.63, 3.8) is 0 Å². The van der Waals surface area contributed by atoms with Crippen LogP contribution in [0.2, 0.25) is 0 Å². The number of carboxylic acids is 1. The van der Waals surface area contributed by atoms with Crippen molar-refractivity contribution in [3.8, 4) is 0 Å². The molecule has 5 nitrogen and oxygen atoms in total. The first-order valence-corrected chi connectivity index (χ1v) is 6.11. The number of carbonyl (C=O) groups excluding carboxylic acids is 1. The quantitative estimate of drug-likeness (QED) is 0.730. The van der Waals surface area contributed by atoms with Gasteiger partial charge in [-0.1, -0.05) is 13.8 Å². The van der Waals surface area contributed by atoms with Crippen LogP contribution in [-0.2, 0) is 14.3 Å². The lowest BCUT2D eigenvalue weighted by atomic mass is 10.0. The molecule has 1 fully saturated rings. The third-order valence-electron chi connectivity index (χ3n) is 3.12. The molecule has 0 aromatic carbocycles. The van der Waals surface area contributed by atoms with Crippen molar-refractivity contribution in [2.45, 2.75) is 39.2 Å². The molecule has 1 rings (SSSR count). The highest BCUT2D eigenvalue weighted by Crippen LogP contribution is 2.20. The van der Waals surface area contributed by atoms with Crippen molar-refractivity contribution >= 4 is 11.9 Å². The van der Waals surface area contributed by atoms with Crippen LogP contribution >= 0.6 is 0 Å². The summed E-state index contributed by atoms with van der Waals surface area (Å²) < 4.78 is 5.35. The van der Waals surface area contributed by atoms with Crippen molar-refractivity contribution < 1.29 is 19.4 Å². The second-order valence-corrected chi connectivity index (χ2v) is 4.84. The Bertz CT molecular complexity index is 280. The molecular formula is C12H21NO4. The maximum Gasteiger partial charge on any atom is 0.303 e. The summed E-state index contributed by atoms with van der Waals surface area (Å²) in [5, 5.41) is 11.4. The molecule has 5 heteroatoms. The lowest BCUT2D eigenvalue weighted by molar-refractivity contribution is -0.137. The van der Waals surface area contributed by atoms with Gasteiger partial charge in [-0.2, -0.15) is 0 Å². The average molecular weight is 243 g/mol. The molecule has 1 saturated heterocycles. The van der Waals surface area contributed by atoms with Gasteiger partial charge in [0.05, 0.1) is 0 Å². The summed E-state index contributed by atoms with van der Waals surface area (Å²) in [4.78, 5) is 22.1. The van der Waals surface area contributed by atoms with Gasteiger partial charge in [-0.3, -0.25) is 9.59 Å². The van der Waals surface area contributed by atoms with E-state index in [2.05, 4.69) is 5.32 Å². The number of aliphatic carboxylic acids is 1. The first-order chi connectivity index (χ1) is 8.00. The molecule has 0 aromatic rings. The predicted octanol–water partition coefficient (Wildman–Crippen LogP) is 1.03. The smallest absolute Gasteiger partial charge is 0.303 e. The molecule has 3 atom stereocenters. The maximum absolute atomic E-state index is 11.7. The molecule has 1 heterocycles. The highest BCUT2D eigenvalue weighted by atomic mass is 16.5. The molecule has 98 valence electrons. The van der Waals surface area contributed by atoms with E-state index in [1.165, 1.54) is 0 Å². The molecular weight excluding hydrogens is 222 g/mol. The average Bonchev–Trinajstić information content (AvgIpc) is 2.69. The number of hydrogen-bond acceptors (Lipinski definition) is 3. The molecule has 3 unspecified atom stereocenters. The maximum atomic E-state index is 11.7. The second kappa shape index (κ2) is 6.59. The minimum absolute atomic E-state index is 0.0721. The molecule has 0 radical (unpaired) electrons. The molecule has 0 saturated carbocycles. The lowest BCUT2D eigenvalue weighted by Crippen LogP contribution is -2.39. The van der Waals surface area contributed by atoms with E-state index in [1.807, 2.05) is 13.8 Å². The van der Waals surface area contributed by atoms with E-state index in [1.54, 1.807) is 0 Å². The number of amides is 1. The standard InChI is InChI=1S/C12H21NO4/c1-8(3-4-10(14)15)7-13-12(16)11-9(2)5-6-17-11/h8-9,11H,3-7H2,1-2H3,(H,13,16)(H,14,15). The fraction of sp³-hybridized carbons (Fsp3) is 0.833. The van der Waals surface area contributed by atoms with E-state index in [9.17, 15) is 9.59 Å². The predicted molar refractivity (Wildman–Crippen MR) is 62.6 cm³/mol. The Morgan fingerprint density at radius 1 is 1.53 bits per heavy atom. The van der Waals surface area contributed by atoms with Crippen LogP contribution in [0.5, 0.6) is 0 Å². The van der Waals surface area contributed by atoms with E-state index in [0.29, 0.717) is 19.6 Å². The van der Waals surface area contributed by atoms with Gasteiger partial charge in [-0.25, -0.2) is 0 Å². The topological polar surface area (TPSA) is 75.6 Å². The van der Waals surface area contributed by atoms with Gasteiger partial charge in [0, 0.05) is 19.6 Å². The van der Waals surface area contributed by atoms with E-state index in [-0.39, 0.29) is 30.3 Å². The van der Waals surface area contributed by atoms with Gasteiger partial charge >= 0.3 is 5.97 Å². The summed E-state index contributed by atoms with van der Waals surface area (Å²) in [6.45, 7) is 5.10. The number of hydrogen-bond donors (Lipinski definition) is 2. The molecule has 1 aliphatic heterocycles. The van der Waals surface area contributed by atoms with Crippen molar-refractivity contribution in [2.75, 3.05) is 13.2 Å². The lowest BCUT2D eigenvalue weighted by Gasteiger charge is -2.16. The molecule has 0 bridgehead atoms. The highest BCUT2D eigenvalue weighted by Gasteiger charge is 2.30. The van der Waals surface area contributed by atoms with Crippen LogP contribution in [0.3, 0.4) is 0 Å². The van der Waals surface area contributed by atoms with Gasteiger partial charge in [0.1, 0.15) is 6.10 Å². The van der Waals surface area contributed by atoms with Crippen LogP contribution in [0.15, 0.2) is 0 Å². The molecule has 0 spiro atoms. The molecule has 2 N–H and O–H groups in total.